The zero-order valence-electron chi connectivity index (χ0n) is 15.0. The van der Waals surface area contributed by atoms with Crippen LogP contribution in [0.1, 0.15) is 21.7 Å². The number of rotatable bonds is 3. The van der Waals surface area contributed by atoms with E-state index in [1.54, 1.807) is 0 Å². The third-order valence-electron chi connectivity index (χ3n) is 4.54. The van der Waals surface area contributed by atoms with Crippen molar-refractivity contribution in [2.75, 3.05) is 46.9 Å². The van der Waals surface area contributed by atoms with Crippen molar-refractivity contribution in [3.05, 3.63) is 35.1 Å². The summed E-state index contributed by atoms with van der Waals surface area (Å²) in [5.41, 5.74) is 2.83. The van der Waals surface area contributed by atoms with Crippen LogP contribution in [-0.2, 0) is 4.74 Å². The molecule has 0 N–H and O–H groups in total. The lowest BCUT2D eigenvalue weighted by atomic mass is 10.1. The van der Waals surface area contributed by atoms with Crippen molar-refractivity contribution in [2.45, 2.75) is 13.8 Å². The van der Waals surface area contributed by atoms with Gasteiger partial charge in [-0.1, -0.05) is 12.1 Å². The molecule has 24 heavy (non-hydrogen) atoms. The Morgan fingerprint density at radius 3 is 2.88 bits per heavy atom. The van der Waals surface area contributed by atoms with Crippen molar-refractivity contribution in [1.82, 2.24) is 9.80 Å². The molecule has 1 aromatic carbocycles. The molecule has 1 aromatic heterocycles. The predicted octanol–water partition coefficient (Wildman–Crippen LogP) is 2.70. The van der Waals surface area contributed by atoms with Crippen molar-refractivity contribution >= 4 is 16.9 Å². The number of hydrogen-bond donors (Lipinski definition) is 0. The monoisotopic (exact) mass is 330 g/mol. The fraction of sp³-hybridized carbons (Fsp3) is 0.526. The lowest BCUT2D eigenvalue weighted by molar-refractivity contribution is 0.0704. The highest BCUT2D eigenvalue weighted by atomic mass is 16.5. The zero-order valence-corrected chi connectivity index (χ0v) is 15.0. The Labute approximate surface area is 143 Å². The Morgan fingerprint density at radius 2 is 2.12 bits per heavy atom. The van der Waals surface area contributed by atoms with E-state index < -0.39 is 0 Å². The van der Waals surface area contributed by atoms with Gasteiger partial charge in [-0.25, -0.2) is 0 Å². The predicted molar refractivity (Wildman–Crippen MR) is 94.5 cm³/mol. The fourth-order valence-electron chi connectivity index (χ4n) is 3.37. The summed E-state index contributed by atoms with van der Waals surface area (Å²) in [7, 11) is 4.09. The van der Waals surface area contributed by atoms with Gasteiger partial charge in [0.25, 0.3) is 5.91 Å². The molecule has 3 rings (SSSR count). The van der Waals surface area contributed by atoms with Gasteiger partial charge in [0.15, 0.2) is 5.76 Å². The van der Waals surface area contributed by atoms with Crippen molar-refractivity contribution < 1.29 is 13.9 Å². The topological polar surface area (TPSA) is 45.9 Å². The largest absolute Gasteiger partial charge is 0.451 e. The molecule has 1 fully saturated rings. The van der Waals surface area contributed by atoms with E-state index in [2.05, 4.69) is 4.90 Å². The number of aryl methyl sites for hydroxylation is 2. The van der Waals surface area contributed by atoms with Gasteiger partial charge in [0.1, 0.15) is 5.58 Å². The smallest absolute Gasteiger partial charge is 0.289 e. The second kappa shape index (κ2) is 6.95. The standard InChI is InChI=1S/C19H26N2O3/c1-13-5-6-16-14(2)18(24-17(16)9-13)19(22)21-7-8-23-12-15(11-21)10-20(3)4/h5-6,9,15H,7-8,10-12H2,1-4H3/t15-/m1/s1. The number of carbonyl (C=O) groups excluding carboxylic acids is 1. The Kier molecular flexibility index (Phi) is 4.92. The quantitative estimate of drug-likeness (QED) is 0.868. The lowest BCUT2D eigenvalue weighted by Crippen LogP contribution is -2.38. The van der Waals surface area contributed by atoms with Gasteiger partial charge in [-0.3, -0.25) is 4.79 Å². The van der Waals surface area contributed by atoms with Crippen LogP contribution in [0.5, 0.6) is 0 Å². The van der Waals surface area contributed by atoms with Gasteiger partial charge in [-0.2, -0.15) is 0 Å². The first-order chi connectivity index (χ1) is 11.5. The summed E-state index contributed by atoms with van der Waals surface area (Å²) >= 11 is 0. The summed E-state index contributed by atoms with van der Waals surface area (Å²) in [6, 6.07) is 6.06. The number of nitrogens with zero attached hydrogens (tertiary/aromatic N) is 2. The van der Waals surface area contributed by atoms with Gasteiger partial charge in [0.2, 0.25) is 0 Å². The average Bonchev–Trinajstić information content (AvgIpc) is 2.70. The molecule has 0 bridgehead atoms. The number of amides is 1. The molecule has 0 unspecified atom stereocenters. The molecule has 0 aliphatic carbocycles. The minimum Gasteiger partial charge on any atom is -0.451 e. The van der Waals surface area contributed by atoms with Crippen molar-refractivity contribution in [3.8, 4) is 0 Å². The van der Waals surface area contributed by atoms with E-state index >= 15 is 0 Å². The molecule has 1 amide bonds. The Hall–Kier alpha value is -1.85. The molecular formula is C19H26N2O3. The zero-order chi connectivity index (χ0) is 17.3. The van der Waals surface area contributed by atoms with E-state index in [4.69, 9.17) is 9.15 Å². The van der Waals surface area contributed by atoms with E-state index in [0.29, 0.717) is 38.0 Å². The number of fused-ring (bicyclic) bond motifs is 1. The van der Waals surface area contributed by atoms with Crippen LogP contribution in [0.15, 0.2) is 22.6 Å². The molecule has 1 aliphatic rings. The summed E-state index contributed by atoms with van der Waals surface area (Å²) < 4.78 is 11.6. The third kappa shape index (κ3) is 3.47. The Morgan fingerprint density at radius 1 is 1.33 bits per heavy atom. The third-order valence-corrected chi connectivity index (χ3v) is 4.54. The molecule has 130 valence electrons. The van der Waals surface area contributed by atoms with Gasteiger partial charge >= 0.3 is 0 Å². The summed E-state index contributed by atoms with van der Waals surface area (Å²) in [4.78, 5) is 17.0. The van der Waals surface area contributed by atoms with Crippen molar-refractivity contribution in [3.63, 3.8) is 0 Å². The maximum Gasteiger partial charge on any atom is 0.289 e. The van der Waals surface area contributed by atoms with Gasteiger partial charge in [-0.05, 0) is 39.6 Å². The van der Waals surface area contributed by atoms with E-state index in [1.807, 2.05) is 51.0 Å². The molecule has 0 saturated carbocycles. The highest BCUT2D eigenvalue weighted by molar-refractivity contribution is 5.99. The SMILES string of the molecule is Cc1ccc2c(C)c(C(=O)N3CCOC[C@H](CN(C)C)C3)oc2c1. The van der Waals surface area contributed by atoms with E-state index in [-0.39, 0.29) is 5.91 Å². The van der Waals surface area contributed by atoms with Crippen LogP contribution >= 0.6 is 0 Å². The Bertz CT molecular complexity index is 736. The molecule has 5 heteroatoms. The number of furan rings is 1. The van der Waals surface area contributed by atoms with Crippen LogP contribution in [0.4, 0.5) is 0 Å². The normalized spacial score (nSPS) is 19.0. The summed E-state index contributed by atoms with van der Waals surface area (Å²) in [5, 5.41) is 1.01. The molecule has 1 aliphatic heterocycles. The van der Waals surface area contributed by atoms with E-state index in [9.17, 15) is 4.79 Å². The van der Waals surface area contributed by atoms with Gasteiger partial charge in [0.05, 0.1) is 13.2 Å². The number of benzene rings is 1. The molecule has 2 aromatic rings. The summed E-state index contributed by atoms with van der Waals surface area (Å²) in [6.45, 7) is 7.47. The molecule has 1 atom stereocenters. The maximum absolute atomic E-state index is 13.0. The minimum absolute atomic E-state index is 0.0318. The van der Waals surface area contributed by atoms with Crippen LogP contribution in [0, 0.1) is 19.8 Å². The summed E-state index contributed by atoms with van der Waals surface area (Å²) in [5.74, 6) is 0.745. The number of carbonyl (C=O) groups is 1. The van der Waals surface area contributed by atoms with Crippen molar-refractivity contribution in [1.29, 1.82) is 0 Å². The molecule has 5 nitrogen and oxygen atoms in total. The van der Waals surface area contributed by atoms with Crippen LogP contribution in [0.2, 0.25) is 0 Å². The molecule has 2 heterocycles. The van der Waals surface area contributed by atoms with Crippen LogP contribution < -0.4 is 0 Å². The summed E-state index contributed by atoms with van der Waals surface area (Å²) in [6.07, 6.45) is 0. The fourth-order valence-corrected chi connectivity index (χ4v) is 3.37. The maximum atomic E-state index is 13.0. The number of ether oxygens (including phenoxy) is 1. The van der Waals surface area contributed by atoms with Gasteiger partial charge in [0, 0.05) is 36.5 Å². The first kappa shape index (κ1) is 17.0. The number of hydrogen-bond acceptors (Lipinski definition) is 4. The van der Waals surface area contributed by atoms with Crippen molar-refractivity contribution in [2.24, 2.45) is 5.92 Å². The van der Waals surface area contributed by atoms with Gasteiger partial charge in [-0.15, -0.1) is 0 Å². The first-order valence-corrected chi connectivity index (χ1v) is 8.47. The average molecular weight is 330 g/mol. The van der Waals surface area contributed by atoms with E-state index in [0.717, 1.165) is 28.6 Å². The van der Waals surface area contributed by atoms with Crippen LogP contribution in [0.25, 0.3) is 11.0 Å². The molecule has 0 radical (unpaired) electrons. The molecule has 0 spiro atoms. The minimum atomic E-state index is -0.0318. The van der Waals surface area contributed by atoms with Crippen LogP contribution in [-0.4, -0.2) is 62.7 Å². The van der Waals surface area contributed by atoms with Gasteiger partial charge < -0.3 is 19.0 Å². The lowest BCUT2D eigenvalue weighted by Gasteiger charge is -2.24. The Balaban J connectivity index is 1.86. The van der Waals surface area contributed by atoms with Crippen LogP contribution in [0.3, 0.4) is 0 Å². The highest BCUT2D eigenvalue weighted by Crippen LogP contribution is 2.27. The second-order valence-electron chi connectivity index (χ2n) is 7.01. The highest BCUT2D eigenvalue weighted by Gasteiger charge is 2.27. The molecular weight excluding hydrogens is 304 g/mol. The second-order valence-corrected chi connectivity index (χ2v) is 7.01. The van der Waals surface area contributed by atoms with E-state index in [1.165, 1.54) is 0 Å². The first-order valence-electron chi connectivity index (χ1n) is 8.47. The molecule has 1 saturated heterocycles.